The molecule has 17 heavy (non-hydrogen) atoms. The zero-order valence-corrected chi connectivity index (χ0v) is 9.59. The van der Waals surface area contributed by atoms with Crippen molar-refractivity contribution in [1.82, 2.24) is 10.3 Å². The zero-order chi connectivity index (χ0) is 12.7. The normalized spacial score (nSPS) is 9.76. The molecule has 1 heterocycles. The Morgan fingerprint density at radius 3 is 2.88 bits per heavy atom. The summed E-state index contributed by atoms with van der Waals surface area (Å²) in [5, 5.41) is 12.9. The molecule has 0 aliphatic rings. The fraction of sp³-hybridized carbons (Fsp3) is 0.364. The molecule has 0 aliphatic heterocycles. The maximum absolute atomic E-state index is 12.6. The van der Waals surface area contributed by atoms with Gasteiger partial charge in [-0.2, -0.15) is 0 Å². The predicted molar refractivity (Wildman–Crippen MR) is 63.7 cm³/mol. The second-order valence-electron chi connectivity index (χ2n) is 3.49. The van der Waals surface area contributed by atoms with Crippen molar-refractivity contribution in [2.24, 2.45) is 0 Å². The molecule has 0 aromatic carbocycles. The van der Waals surface area contributed by atoms with Gasteiger partial charge in [-0.15, -0.1) is 0 Å². The number of halogens is 1. The molecule has 92 valence electrons. The third-order valence-electron chi connectivity index (χ3n) is 2.11. The lowest BCUT2D eigenvalue weighted by Crippen LogP contribution is -2.22. The summed E-state index contributed by atoms with van der Waals surface area (Å²) in [5.74, 6) is -0.00281. The van der Waals surface area contributed by atoms with Crippen LogP contribution in [0.2, 0.25) is 0 Å². The Labute approximate surface area is 99.0 Å². The van der Waals surface area contributed by atoms with Crippen LogP contribution in [0.1, 0.15) is 12.8 Å². The van der Waals surface area contributed by atoms with E-state index in [1.165, 1.54) is 19.2 Å². The summed E-state index contributed by atoms with van der Waals surface area (Å²) in [6, 6.07) is 2.84. The molecule has 1 aromatic rings. The van der Waals surface area contributed by atoms with Gasteiger partial charge in [0.05, 0.1) is 12.6 Å². The van der Waals surface area contributed by atoms with Crippen molar-refractivity contribution in [1.29, 1.82) is 5.41 Å². The van der Waals surface area contributed by atoms with Crippen molar-refractivity contribution in [2.45, 2.75) is 12.8 Å². The fourth-order valence-corrected chi connectivity index (χ4v) is 1.19. The van der Waals surface area contributed by atoms with Crippen LogP contribution in [0.3, 0.4) is 0 Å². The van der Waals surface area contributed by atoms with Gasteiger partial charge in [0.2, 0.25) is 5.91 Å². The number of amides is 1. The van der Waals surface area contributed by atoms with E-state index >= 15 is 0 Å². The number of hydrogen-bond acceptors (Lipinski definition) is 4. The highest BCUT2D eigenvalue weighted by atomic mass is 19.1. The lowest BCUT2D eigenvalue weighted by atomic mass is 10.2. The number of carbonyl (C=O) groups excluding carboxylic acids is 1. The molecule has 0 unspecified atom stereocenters. The Bertz CT molecular complexity index is 391. The third-order valence-corrected chi connectivity index (χ3v) is 2.11. The van der Waals surface area contributed by atoms with Crippen LogP contribution in [0.15, 0.2) is 18.3 Å². The van der Waals surface area contributed by atoms with E-state index in [1.807, 2.05) is 0 Å². The van der Waals surface area contributed by atoms with E-state index in [9.17, 15) is 9.18 Å². The van der Waals surface area contributed by atoms with Gasteiger partial charge in [-0.25, -0.2) is 9.37 Å². The van der Waals surface area contributed by atoms with Crippen LogP contribution in [0.5, 0.6) is 0 Å². The van der Waals surface area contributed by atoms with Gasteiger partial charge in [0.1, 0.15) is 11.6 Å². The Morgan fingerprint density at radius 2 is 2.29 bits per heavy atom. The molecule has 6 heteroatoms. The van der Waals surface area contributed by atoms with Gasteiger partial charge in [0.15, 0.2) is 0 Å². The van der Waals surface area contributed by atoms with Crippen LogP contribution in [-0.4, -0.2) is 30.2 Å². The van der Waals surface area contributed by atoms with E-state index in [1.54, 1.807) is 0 Å². The smallest absolute Gasteiger partial charge is 0.225 e. The van der Waals surface area contributed by atoms with Crippen molar-refractivity contribution in [2.75, 3.05) is 18.9 Å². The molecular weight excluding hydrogens is 223 g/mol. The highest BCUT2D eigenvalue weighted by molar-refractivity contribution is 5.99. The van der Waals surface area contributed by atoms with E-state index < -0.39 is 0 Å². The topological polar surface area (TPSA) is 77.9 Å². The third kappa shape index (κ3) is 5.05. The summed E-state index contributed by atoms with van der Waals surface area (Å²) in [6.45, 7) is 0.495. The van der Waals surface area contributed by atoms with Gasteiger partial charge >= 0.3 is 0 Å². The summed E-state index contributed by atoms with van der Waals surface area (Å²) < 4.78 is 12.6. The van der Waals surface area contributed by atoms with Crippen LogP contribution in [-0.2, 0) is 4.79 Å². The van der Waals surface area contributed by atoms with Gasteiger partial charge in [0, 0.05) is 25.7 Å². The molecule has 0 fully saturated rings. The number of anilines is 1. The molecule has 0 saturated carbocycles. The average molecular weight is 238 g/mol. The summed E-state index contributed by atoms with van der Waals surface area (Å²) in [6.07, 6.45) is 1.68. The zero-order valence-electron chi connectivity index (χ0n) is 9.59. The number of aromatic nitrogens is 1. The first kappa shape index (κ1) is 13.1. The van der Waals surface area contributed by atoms with Gasteiger partial charge in [0.25, 0.3) is 0 Å². The van der Waals surface area contributed by atoms with E-state index in [2.05, 4.69) is 15.6 Å². The van der Waals surface area contributed by atoms with Gasteiger partial charge < -0.3 is 16.0 Å². The second-order valence-corrected chi connectivity index (χ2v) is 3.49. The SMILES string of the molecule is CNC(=O)CC(=N)CCNc1ccc(F)cn1. The maximum Gasteiger partial charge on any atom is 0.225 e. The molecule has 5 nitrogen and oxygen atoms in total. The summed E-state index contributed by atoms with van der Waals surface area (Å²) in [5.41, 5.74) is 0.346. The number of hydrogen-bond donors (Lipinski definition) is 3. The molecule has 3 N–H and O–H groups in total. The van der Waals surface area contributed by atoms with Gasteiger partial charge in [-0.3, -0.25) is 4.79 Å². The minimum Gasteiger partial charge on any atom is -0.370 e. The highest BCUT2D eigenvalue weighted by Crippen LogP contribution is 2.03. The first-order chi connectivity index (χ1) is 8.11. The van der Waals surface area contributed by atoms with Gasteiger partial charge in [-0.1, -0.05) is 0 Å². The second kappa shape index (κ2) is 6.57. The van der Waals surface area contributed by atoms with Crippen LogP contribution in [0, 0.1) is 11.2 Å². The number of rotatable bonds is 6. The Balaban J connectivity index is 2.26. The van der Waals surface area contributed by atoms with Crippen molar-refractivity contribution in [3.8, 4) is 0 Å². The lowest BCUT2D eigenvalue weighted by Gasteiger charge is -2.06. The Morgan fingerprint density at radius 1 is 1.53 bits per heavy atom. The predicted octanol–water partition coefficient (Wildman–Crippen LogP) is 1.18. The standard InChI is InChI=1S/C11H15FN4O/c1-14-11(17)6-9(13)4-5-15-10-3-2-8(12)7-16-10/h2-3,7,13H,4-6H2,1H3,(H,14,17)(H,15,16). The monoisotopic (exact) mass is 238 g/mol. The number of carbonyl (C=O) groups is 1. The summed E-state index contributed by atoms with van der Waals surface area (Å²) >= 11 is 0. The maximum atomic E-state index is 12.6. The molecular formula is C11H15FN4O. The molecule has 1 amide bonds. The summed E-state index contributed by atoms with van der Waals surface area (Å²) in [4.78, 5) is 14.8. The molecule has 0 atom stereocenters. The molecule has 0 radical (unpaired) electrons. The van der Waals surface area contributed by atoms with Crippen molar-refractivity contribution < 1.29 is 9.18 Å². The summed E-state index contributed by atoms with van der Waals surface area (Å²) in [7, 11) is 1.54. The number of nitrogens with one attached hydrogen (secondary N) is 3. The molecule has 1 rings (SSSR count). The number of pyridine rings is 1. The highest BCUT2D eigenvalue weighted by Gasteiger charge is 2.03. The van der Waals surface area contributed by atoms with Crippen molar-refractivity contribution in [3.05, 3.63) is 24.1 Å². The largest absolute Gasteiger partial charge is 0.370 e. The fourth-order valence-electron chi connectivity index (χ4n) is 1.19. The van der Waals surface area contributed by atoms with Crippen LogP contribution in [0.4, 0.5) is 10.2 Å². The van der Waals surface area contributed by atoms with E-state index in [-0.39, 0.29) is 18.1 Å². The lowest BCUT2D eigenvalue weighted by molar-refractivity contribution is -0.119. The van der Waals surface area contributed by atoms with E-state index in [0.717, 1.165) is 6.20 Å². The van der Waals surface area contributed by atoms with E-state index in [0.29, 0.717) is 24.5 Å². The van der Waals surface area contributed by atoms with Crippen LogP contribution in [0.25, 0.3) is 0 Å². The first-order valence-corrected chi connectivity index (χ1v) is 5.24. The number of nitrogens with zero attached hydrogens (tertiary/aromatic N) is 1. The Hall–Kier alpha value is -1.98. The molecule has 0 saturated heterocycles. The van der Waals surface area contributed by atoms with Crippen molar-refractivity contribution >= 4 is 17.4 Å². The van der Waals surface area contributed by atoms with Gasteiger partial charge in [-0.05, 0) is 12.1 Å². The van der Waals surface area contributed by atoms with Crippen LogP contribution >= 0.6 is 0 Å². The molecule has 0 bridgehead atoms. The van der Waals surface area contributed by atoms with Crippen molar-refractivity contribution in [3.63, 3.8) is 0 Å². The first-order valence-electron chi connectivity index (χ1n) is 5.24. The molecule has 0 spiro atoms. The Kier molecular flexibility index (Phi) is 5.06. The quantitative estimate of drug-likeness (QED) is 0.651. The average Bonchev–Trinajstić information content (AvgIpc) is 2.31. The molecule has 0 aliphatic carbocycles. The minimum atomic E-state index is -0.386. The molecule has 1 aromatic heterocycles. The minimum absolute atomic E-state index is 0.106. The van der Waals surface area contributed by atoms with E-state index in [4.69, 9.17) is 5.41 Å². The van der Waals surface area contributed by atoms with Crippen LogP contribution < -0.4 is 10.6 Å².